The van der Waals surface area contributed by atoms with E-state index in [4.69, 9.17) is 16.3 Å². The molecule has 2 saturated heterocycles. The van der Waals surface area contributed by atoms with Gasteiger partial charge in [0.25, 0.3) is 5.91 Å². The number of carbonyl (C=O) groups excluding carboxylic acids is 2. The molecular weight excluding hydrogens is 670 g/mol. The molecule has 2 heterocycles. The number of nitrogens with zero attached hydrogens (tertiary/aromatic N) is 3. The van der Waals surface area contributed by atoms with Gasteiger partial charge in [0.1, 0.15) is 11.1 Å². The van der Waals surface area contributed by atoms with E-state index in [0.717, 1.165) is 42.3 Å². The van der Waals surface area contributed by atoms with Gasteiger partial charge in [-0.2, -0.15) is 4.31 Å². The molecule has 1 aliphatic carbocycles. The zero-order chi connectivity index (χ0) is 35.5. The van der Waals surface area contributed by atoms with Crippen LogP contribution in [0.25, 0.3) is 16.8 Å². The molecule has 0 radical (unpaired) electrons. The minimum absolute atomic E-state index is 0.0858. The summed E-state index contributed by atoms with van der Waals surface area (Å²) in [5.41, 5.74) is 1.37. The first kappa shape index (κ1) is 36.0. The van der Waals surface area contributed by atoms with E-state index in [0.29, 0.717) is 36.0 Å². The second-order valence-electron chi connectivity index (χ2n) is 14.4. The molecule has 3 aromatic rings. The van der Waals surface area contributed by atoms with E-state index in [9.17, 15) is 18.0 Å². The molecule has 10 heteroatoms. The third-order valence-electron chi connectivity index (χ3n) is 9.85. The van der Waals surface area contributed by atoms with Gasteiger partial charge in [0.15, 0.2) is 0 Å². The maximum atomic E-state index is 13.4. The van der Waals surface area contributed by atoms with Crippen molar-refractivity contribution in [3.05, 3.63) is 113 Å². The molecular formula is C40H46ClN3O5S. The summed E-state index contributed by atoms with van der Waals surface area (Å²) in [6.45, 7) is 8.47. The van der Waals surface area contributed by atoms with Gasteiger partial charge in [-0.1, -0.05) is 78.4 Å². The number of halogens is 1. The van der Waals surface area contributed by atoms with Crippen LogP contribution in [-0.4, -0.2) is 90.6 Å². The summed E-state index contributed by atoms with van der Waals surface area (Å²) in [4.78, 5) is 30.8. The molecule has 2 aliphatic heterocycles. The first-order valence-electron chi connectivity index (χ1n) is 17.4. The number of amides is 1. The Balaban J connectivity index is 0.995. The normalized spacial score (nSPS) is 21.2. The minimum Gasteiger partial charge on any atom is -0.458 e. The Labute approximate surface area is 301 Å². The lowest BCUT2D eigenvalue weighted by atomic mass is 9.83. The Morgan fingerprint density at radius 3 is 2.24 bits per heavy atom. The number of carbonyl (C=O) groups is 2. The minimum atomic E-state index is -3.51. The molecule has 1 atom stereocenters. The first-order chi connectivity index (χ1) is 23.8. The van der Waals surface area contributed by atoms with Gasteiger partial charge in [-0.25, -0.2) is 13.2 Å². The first-order valence-corrected chi connectivity index (χ1v) is 19.4. The number of piperidine rings is 1. The number of fused-ring (bicyclic) bond motifs is 1. The van der Waals surface area contributed by atoms with Crippen molar-refractivity contribution in [1.82, 2.24) is 14.1 Å². The number of ether oxygens (including phenoxy) is 1. The predicted molar refractivity (Wildman–Crippen MR) is 201 cm³/mol. The van der Waals surface area contributed by atoms with Crippen molar-refractivity contribution in [2.45, 2.75) is 57.1 Å². The summed E-state index contributed by atoms with van der Waals surface area (Å²) in [6, 6.07) is 19.5. The van der Waals surface area contributed by atoms with E-state index >= 15 is 0 Å². The van der Waals surface area contributed by atoms with Crippen molar-refractivity contribution >= 4 is 50.3 Å². The molecule has 0 N–H and O–H groups in total. The van der Waals surface area contributed by atoms with Crippen LogP contribution in [-0.2, 0) is 19.6 Å². The summed E-state index contributed by atoms with van der Waals surface area (Å²) < 4.78 is 33.5. The van der Waals surface area contributed by atoms with E-state index in [2.05, 4.69) is 4.90 Å². The maximum Gasteiger partial charge on any atom is 0.331 e. The summed E-state index contributed by atoms with van der Waals surface area (Å²) in [6.07, 6.45) is 13.8. The standard InChI is InChI=1S/C40H46ClN3O5S/c1-39(2,3)49-38(46)40(19-5-4-6-20-40)43-21-17-32(18-22-43)31-11-13-33(14-12-31)37(45)42-23-25-44(26-24-42)50(47,48)27-7-8-30-9-10-35-29-36(41)16-15-34(35)28-30/h4-16,19,28-29,32H,17-18,20-27H2,1-3H3. The van der Waals surface area contributed by atoms with Gasteiger partial charge >= 0.3 is 5.97 Å². The Hall–Kier alpha value is -3.76. The van der Waals surface area contributed by atoms with Gasteiger partial charge in [-0.15, -0.1) is 0 Å². The van der Waals surface area contributed by atoms with Gasteiger partial charge in [-0.3, -0.25) is 9.69 Å². The average molecular weight is 716 g/mol. The molecule has 3 aromatic carbocycles. The van der Waals surface area contributed by atoms with Crippen molar-refractivity contribution in [1.29, 1.82) is 0 Å². The number of sulfonamides is 1. The molecule has 50 heavy (non-hydrogen) atoms. The van der Waals surface area contributed by atoms with E-state index in [-0.39, 0.29) is 30.7 Å². The fourth-order valence-electron chi connectivity index (χ4n) is 7.10. The van der Waals surface area contributed by atoms with Gasteiger partial charge in [0, 0.05) is 49.9 Å². The number of hydrogen-bond acceptors (Lipinski definition) is 6. The smallest absolute Gasteiger partial charge is 0.331 e. The summed E-state index contributed by atoms with van der Waals surface area (Å²) >= 11 is 6.08. The number of rotatable bonds is 8. The van der Waals surface area contributed by atoms with Crippen LogP contribution >= 0.6 is 11.6 Å². The van der Waals surface area contributed by atoms with E-state index < -0.39 is 21.2 Å². The Morgan fingerprint density at radius 2 is 1.58 bits per heavy atom. The fraction of sp³-hybridized carbons (Fsp3) is 0.400. The van der Waals surface area contributed by atoms with Gasteiger partial charge in [0.05, 0.1) is 5.75 Å². The lowest BCUT2D eigenvalue weighted by molar-refractivity contribution is -0.167. The molecule has 3 aliphatic rings. The molecule has 0 aromatic heterocycles. The molecule has 8 nitrogen and oxygen atoms in total. The zero-order valence-corrected chi connectivity index (χ0v) is 30.6. The van der Waals surface area contributed by atoms with Gasteiger partial charge in [0.2, 0.25) is 10.0 Å². The third-order valence-corrected chi connectivity index (χ3v) is 11.9. The van der Waals surface area contributed by atoms with Gasteiger partial charge < -0.3 is 9.64 Å². The quantitative estimate of drug-likeness (QED) is 0.232. The number of benzene rings is 3. The van der Waals surface area contributed by atoms with E-state index in [1.165, 1.54) is 9.87 Å². The van der Waals surface area contributed by atoms with Crippen LogP contribution in [0.5, 0.6) is 0 Å². The monoisotopic (exact) mass is 715 g/mol. The van der Waals surface area contributed by atoms with E-state index in [1.807, 2.05) is 112 Å². The topological polar surface area (TPSA) is 87.2 Å². The van der Waals surface area contributed by atoms with Gasteiger partial charge in [-0.05, 0) is 98.2 Å². The van der Waals surface area contributed by atoms with Crippen LogP contribution in [0.1, 0.15) is 67.4 Å². The molecule has 6 rings (SSSR count). The second-order valence-corrected chi connectivity index (χ2v) is 16.9. The number of esters is 1. The van der Waals surface area contributed by atoms with Crippen molar-refractivity contribution in [2.75, 3.05) is 45.0 Å². The van der Waals surface area contributed by atoms with Crippen LogP contribution < -0.4 is 0 Å². The highest BCUT2D eigenvalue weighted by Gasteiger charge is 2.45. The molecule has 1 unspecified atom stereocenters. The lowest BCUT2D eigenvalue weighted by Crippen LogP contribution is -2.57. The van der Waals surface area contributed by atoms with Crippen LogP contribution in [0, 0.1) is 0 Å². The highest BCUT2D eigenvalue weighted by atomic mass is 35.5. The highest BCUT2D eigenvalue weighted by Crippen LogP contribution is 2.36. The number of likely N-dealkylation sites (tertiary alicyclic amines) is 1. The molecule has 2 fully saturated rings. The largest absolute Gasteiger partial charge is 0.458 e. The van der Waals surface area contributed by atoms with Crippen LogP contribution in [0.15, 0.2) is 91.0 Å². The van der Waals surface area contributed by atoms with Crippen LogP contribution in [0.4, 0.5) is 0 Å². The SMILES string of the molecule is CC(C)(C)OC(=O)C1(N2CCC(c3ccc(C(=O)N4CCN(S(=O)(=O)CC=Cc5ccc6cc(Cl)ccc6c5)CC4)cc3)CC2)C=CC=CC1. The Morgan fingerprint density at radius 1 is 0.900 bits per heavy atom. The molecule has 0 saturated carbocycles. The summed E-state index contributed by atoms with van der Waals surface area (Å²) in [7, 11) is -3.51. The maximum absolute atomic E-state index is 13.4. The van der Waals surface area contributed by atoms with Crippen LogP contribution in [0.3, 0.4) is 0 Å². The summed E-state index contributed by atoms with van der Waals surface area (Å²) in [5.74, 6) is -0.0593. The second kappa shape index (κ2) is 14.8. The lowest BCUT2D eigenvalue weighted by Gasteiger charge is -2.45. The Bertz CT molecular complexity index is 1920. The van der Waals surface area contributed by atoms with Crippen molar-refractivity contribution in [3.8, 4) is 0 Å². The van der Waals surface area contributed by atoms with E-state index in [1.54, 1.807) is 11.0 Å². The third kappa shape index (κ3) is 8.23. The van der Waals surface area contributed by atoms with Crippen molar-refractivity contribution < 1.29 is 22.7 Å². The van der Waals surface area contributed by atoms with Crippen molar-refractivity contribution in [3.63, 3.8) is 0 Å². The van der Waals surface area contributed by atoms with Crippen molar-refractivity contribution in [2.24, 2.45) is 0 Å². The average Bonchev–Trinajstić information content (AvgIpc) is 3.11. The molecule has 0 spiro atoms. The predicted octanol–water partition coefficient (Wildman–Crippen LogP) is 7.07. The highest BCUT2D eigenvalue weighted by molar-refractivity contribution is 7.89. The fourth-order valence-corrected chi connectivity index (χ4v) is 8.55. The molecule has 264 valence electrons. The number of allylic oxidation sites excluding steroid dienone is 2. The van der Waals surface area contributed by atoms with Crippen LogP contribution in [0.2, 0.25) is 5.02 Å². The number of hydrogen-bond donors (Lipinski definition) is 0. The Kier molecular flexibility index (Phi) is 10.7. The molecule has 1 amide bonds. The zero-order valence-electron chi connectivity index (χ0n) is 29.1. The summed E-state index contributed by atoms with van der Waals surface area (Å²) in [5, 5.41) is 2.75. The molecule has 0 bridgehead atoms. The number of piperazine rings is 1.